The third kappa shape index (κ3) is 4.99. The Morgan fingerprint density at radius 3 is 2.48 bits per heavy atom. The number of benzene rings is 1. The minimum Gasteiger partial charge on any atom is -0.388 e. The number of carbonyl (C=O) groups is 1. The maximum Gasteiger partial charge on any atom is 0.419 e. The van der Waals surface area contributed by atoms with Gasteiger partial charge in [0.05, 0.1) is 5.56 Å². The van der Waals surface area contributed by atoms with E-state index in [0.717, 1.165) is 16.4 Å². The van der Waals surface area contributed by atoms with Gasteiger partial charge in [-0.25, -0.2) is 4.39 Å². The highest BCUT2D eigenvalue weighted by atomic mass is 32.2. The minimum atomic E-state index is -4.79. The number of halogens is 4. The fraction of sp³-hybridized carbons (Fsp3) is 0.556. The number of nitrogens with one attached hydrogen (secondary N) is 1. The molecule has 0 radical (unpaired) electrons. The average molecular weight is 466 g/mol. The largest absolute Gasteiger partial charge is 0.419 e. The highest BCUT2D eigenvalue weighted by Gasteiger charge is 2.45. The van der Waals surface area contributed by atoms with E-state index in [1.165, 1.54) is 18.4 Å². The summed E-state index contributed by atoms with van der Waals surface area (Å²) in [7, 11) is -0.649. The van der Waals surface area contributed by atoms with Gasteiger partial charge >= 0.3 is 6.18 Å². The fourth-order valence-corrected chi connectivity index (χ4v) is 4.56. The summed E-state index contributed by atoms with van der Waals surface area (Å²) in [6, 6.07) is 2.43. The van der Waals surface area contributed by atoms with Gasteiger partial charge in [0, 0.05) is 53.0 Å². The molecule has 2 aliphatic heterocycles. The number of hydrogen-bond donors (Lipinski definition) is 1. The Kier molecular flexibility index (Phi) is 6.31. The molecular formula is C18H22F4N4O4S. The Hall–Kier alpha value is -2.25. The Bertz CT molecular complexity index is 987. The molecule has 1 aromatic carbocycles. The van der Waals surface area contributed by atoms with Crippen molar-refractivity contribution in [1.29, 1.82) is 0 Å². The van der Waals surface area contributed by atoms with Gasteiger partial charge in [-0.15, -0.1) is 0 Å². The first-order valence-corrected chi connectivity index (χ1v) is 10.8. The molecule has 1 saturated heterocycles. The predicted octanol–water partition coefficient (Wildman–Crippen LogP) is 1.88. The molecule has 31 heavy (non-hydrogen) atoms. The van der Waals surface area contributed by atoms with E-state index in [4.69, 9.17) is 4.84 Å². The Balaban J connectivity index is 1.54. The van der Waals surface area contributed by atoms with E-state index in [1.807, 2.05) is 0 Å². The molecule has 1 N–H and O–H groups in total. The second-order valence-electron chi connectivity index (χ2n) is 7.67. The Labute approximate surface area is 177 Å². The summed E-state index contributed by atoms with van der Waals surface area (Å²) >= 11 is 0. The molecule has 0 aromatic heterocycles. The van der Waals surface area contributed by atoms with Crippen LogP contribution in [0.5, 0.6) is 0 Å². The first-order chi connectivity index (χ1) is 14.3. The van der Waals surface area contributed by atoms with Crippen LogP contribution in [-0.4, -0.2) is 61.4 Å². The van der Waals surface area contributed by atoms with E-state index in [2.05, 4.69) is 10.5 Å². The van der Waals surface area contributed by atoms with Gasteiger partial charge in [-0.1, -0.05) is 11.2 Å². The normalized spacial score (nSPS) is 19.4. The quantitative estimate of drug-likeness (QED) is 0.671. The molecular weight excluding hydrogens is 444 g/mol. The van der Waals surface area contributed by atoms with Crippen LogP contribution in [0.4, 0.5) is 17.6 Å². The van der Waals surface area contributed by atoms with Crippen LogP contribution in [0.1, 0.15) is 30.4 Å². The second-order valence-corrected chi connectivity index (χ2v) is 9.82. The number of hydrogen-bond acceptors (Lipinski definition) is 5. The van der Waals surface area contributed by atoms with Gasteiger partial charge in [0.25, 0.3) is 16.1 Å². The summed E-state index contributed by atoms with van der Waals surface area (Å²) in [6.07, 6.45) is -3.91. The molecule has 13 heteroatoms. The SMILES string of the molecule is CN(C)S(=O)(=O)N1CCC2(CC1)CC(C(=O)NCc1ccc(C(F)(F)F)c(F)c1)=NO2. The highest BCUT2D eigenvalue weighted by molar-refractivity contribution is 7.86. The van der Waals surface area contributed by atoms with Crippen LogP contribution in [0.3, 0.4) is 0 Å². The van der Waals surface area contributed by atoms with E-state index in [1.54, 1.807) is 0 Å². The lowest BCUT2D eigenvalue weighted by Crippen LogP contribution is -2.50. The third-order valence-electron chi connectivity index (χ3n) is 5.31. The molecule has 0 aliphatic carbocycles. The summed E-state index contributed by atoms with van der Waals surface area (Å²) in [5.74, 6) is -2.00. The molecule has 8 nitrogen and oxygen atoms in total. The number of nitrogens with zero attached hydrogens (tertiary/aromatic N) is 3. The van der Waals surface area contributed by atoms with Crippen molar-refractivity contribution in [3.63, 3.8) is 0 Å². The molecule has 3 rings (SSSR count). The van der Waals surface area contributed by atoms with Crippen LogP contribution in [0.25, 0.3) is 0 Å². The van der Waals surface area contributed by atoms with Crippen LogP contribution in [-0.2, 0) is 32.6 Å². The first kappa shape index (κ1) is 23.4. The molecule has 0 bridgehead atoms. The molecule has 172 valence electrons. The molecule has 1 spiro atoms. The van der Waals surface area contributed by atoms with Crippen LogP contribution in [0.2, 0.25) is 0 Å². The average Bonchev–Trinajstić information content (AvgIpc) is 3.09. The van der Waals surface area contributed by atoms with Crippen molar-refractivity contribution in [1.82, 2.24) is 13.9 Å². The first-order valence-electron chi connectivity index (χ1n) is 9.41. The summed E-state index contributed by atoms with van der Waals surface area (Å²) in [5, 5.41) is 6.30. The topological polar surface area (TPSA) is 91.3 Å². The van der Waals surface area contributed by atoms with Crippen molar-refractivity contribution in [3.05, 3.63) is 35.1 Å². The summed E-state index contributed by atoms with van der Waals surface area (Å²) in [4.78, 5) is 17.8. The predicted molar refractivity (Wildman–Crippen MR) is 103 cm³/mol. The zero-order valence-electron chi connectivity index (χ0n) is 16.9. The van der Waals surface area contributed by atoms with Crippen LogP contribution >= 0.6 is 0 Å². The van der Waals surface area contributed by atoms with Gasteiger partial charge < -0.3 is 10.2 Å². The van der Waals surface area contributed by atoms with Crippen molar-refractivity contribution in [3.8, 4) is 0 Å². The van der Waals surface area contributed by atoms with Crippen LogP contribution < -0.4 is 5.32 Å². The lowest BCUT2D eigenvalue weighted by molar-refractivity contribution is -0.140. The molecule has 0 saturated carbocycles. The summed E-state index contributed by atoms with van der Waals surface area (Å²) in [5.41, 5.74) is -1.89. The van der Waals surface area contributed by atoms with E-state index in [9.17, 15) is 30.8 Å². The van der Waals surface area contributed by atoms with E-state index in [-0.39, 0.29) is 37.3 Å². The Morgan fingerprint density at radius 2 is 1.94 bits per heavy atom. The van der Waals surface area contributed by atoms with Gasteiger partial charge in [0.1, 0.15) is 17.1 Å². The fourth-order valence-electron chi connectivity index (χ4n) is 3.45. The van der Waals surface area contributed by atoms with E-state index >= 15 is 0 Å². The van der Waals surface area contributed by atoms with Crippen LogP contribution in [0.15, 0.2) is 23.4 Å². The lowest BCUT2D eigenvalue weighted by atomic mass is 9.87. The third-order valence-corrected chi connectivity index (χ3v) is 7.26. The molecule has 0 unspecified atom stereocenters. The maximum absolute atomic E-state index is 13.6. The smallest absolute Gasteiger partial charge is 0.388 e. The van der Waals surface area contributed by atoms with Crippen LogP contribution in [0, 0.1) is 5.82 Å². The molecule has 2 aliphatic rings. The summed E-state index contributed by atoms with van der Waals surface area (Å²) < 4.78 is 78.4. The zero-order chi connectivity index (χ0) is 23.0. The maximum atomic E-state index is 13.6. The van der Waals surface area contributed by atoms with Crippen molar-refractivity contribution in [2.45, 2.75) is 37.6 Å². The summed E-state index contributed by atoms with van der Waals surface area (Å²) in [6.45, 7) is 0.250. The monoisotopic (exact) mass is 466 g/mol. The van der Waals surface area contributed by atoms with Gasteiger partial charge in [-0.3, -0.25) is 4.79 Å². The number of amides is 1. The number of rotatable bonds is 5. The van der Waals surface area contributed by atoms with Gasteiger partial charge in [-0.2, -0.15) is 30.2 Å². The van der Waals surface area contributed by atoms with E-state index in [0.29, 0.717) is 18.9 Å². The number of carbonyl (C=O) groups excluding carboxylic acids is 1. The van der Waals surface area contributed by atoms with Gasteiger partial charge in [-0.05, 0) is 17.7 Å². The van der Waals surface area contributed by atoms with Crippen molar-refractivity contribution < 1.29 is 35.6 Å². The standard InChI is InChI=1S/C18H22F4N4O4S/c1-25(2)31(28,29)26-7-5-17(6-8-26)10-15(24-30-17)16(27)23-11-12-3-4-13(14(19)9-12)18(20,21)22/h3-4,9H,5-8,10-11H2,1-2H3,(H,23,27). The number of piperidine rings is 1. The molecule has 1 aromatic rings. The van der Waals surface area contributed by atoms with Crippen molar-refractivity contribution in [2.75, 3.05) is 27.2 Å². The van der Waals surface area contributed by atoms with Crippen molar-refractivity contribution >= 4 is 21.8 Å². The molecule has 1 amide bonds. The van der Waals surface area contributed by atoms with Gasteiger partial charge in [0.2, 0.25) is 0 Å². The number of alkyl halides is 3. The minimum absolute atomic E-state index is 0.0938. The molecule has 0 atom stereocenters. The Morgan fingerprint density at radius 1 is 1.29 bits per heavy atom. The highest BCUT2D eigenvalue weighted by Crippen LogP contribution is 2.36. The lowest BCUT2D eigenvalue weighted by Gasteiger charge is -2.37. The second kappa shape index (κ2) is 8.36. The van der Waals surface area contributed by atoms with E-state index < -0.39 is 39.3 Å². The molecule has 1 fully saturated rings. The molecule has 2 heterocycles. The van der Waals surface area contributed by atoms with Gasteiger partial charge in [0.15, 0.2) is 0 Å². The van der Waals surface area contributed by atoms with Crippen molar-refractivity contribution in [2.24, 2.45) is 5.16 Å². The number of oxime groups is 1. The zero-order valence-corrected chi connectivity index (χ0v) is 17.7.